The molecule has 0 heterocycles. The van der Waals surface area contributed by atoms with Crippen molar-refractivity contribution in [1.82, 2.24) is 0 Å². The molecule has 0 aliphatic rings. The number of hydrogen-bond acceptors (Lipinski definition) is 6. The molecule has 4 aromatic carbocycles. The summed E-state index contributed by atoms with van der Waals surface area (Å²) in [6.45, 7) is 11.7. The molecule has 4 rings (SSSR count). The average molecular weight is 1150 g/mol. The number of nitrogens with two attached hydrogens (primary N) is 3. The van der Waals surface area contributed by atoms with Gasteiger partial charge in [0.05, 0.1) is 0 Å². The predicted octanol–water partition coefficient (Wildman–Crippen LogP) is 3.89. The molecule has 0 aliphatic carbocycles. The van der Waals surface area contributed by atoms with Crippen LogP contribution < -0.4 is 58.9 Å². The van der Waals surface area contributed by atoms with Crippen LogP contribution >= 0.6 is 0 Å². The summed E-state index contributed by atoms with van der Waals surface area (Å²) in [5.41, 5.74) is 3.68. The summed E-state index contributed by atoms with van der Waals surface area (Å²) in [5.74, 6) is -70.8. The molecular formula is C42H37BF20IN3O3. The molecule has 0 aromatic heterocycles. The zero-order valence-corrected chi connectivity index (χ0v) is 38.9. The van der Waals surface area contributed by atoms with Crippen molar-refractivity contribution >= 4 is 39.4 Å². The Bertz CT molecular complexity index is 2280. The molecule has 0 aliphatic heterocycles. The molecular weight excluding hydrogens is 1110 g/mol. The van der Waals surface area contributed by atoms with Crippen LogP contribution in [0.3, 0.4) is 0 Å². The van der Waals surface area contributed by atoms with Gasteiger partial charge in [-0.2, -0.15) is 0 Å². The van der Waals surface area contributed by atoms with Crippen molar-refractivity contribution in [3.05, 3.63) is 116 Å². The van der Waals surface area contributed by atoms with Crippen LogP contribution in [0.1, 0.15) is 60.8 Å². The Morgan fingerprint density at radius 3 is 0.571 bits per heavy atom. The smallest absolute Gasteiger partial charge is 0.200 e. The molecule has 0 fully saturated rings. The first-order valence-electron chi connectivity index (χ1n) is 19.9. The van der Waals surface area contributed by atoms with Gasteiger partial charge in [-0.15, -0.1) is 21.9 Å². The number of benzene rings is 4. The van der Waals surface area contributed by atoms with Gasteiger partial charge in [-0.3, -0.25) is 0 Å². The zero-order chi connectivity index (χ0) is 54.3. The van der Waals surface area contributed by atoms with E-state index >= 15 is 35.1 Å². The summed E-state index contributed by atoms with van der Waals surface area (Å²) < 4.78 is 293. The van der Waals surface area contributed by atoms with E-state index in [1.54, 1.807) is 0 Å². The van der Waals surface area contributed by atoms with E-state index in [1.165, 1.54) is 0 Å². The van der Waals surface area contributed by atoms with Crippen LogP contribution in [-0.2, 0) is 14.4 Å². The van der Waals surface area contributed by atoms with Crippen molar-refractivity contribution in [3.63, 3.8) is 0 Å². The van der Waals surface area contributed by atoms with Crippen LogP contribution in [0.4, 0.5) is 87.8 Å². The zero-order valence-electron chi connectivity index (χ0n) is 36.6. The topological polar surface area (TPSA) is 129 Å². The van der Waals surface area contributed by atoms with E-state index in [0.717, 1.165) is 0 Å². The Morgan fingerprint density at radius 1 is 0.314 bits per heavy atom. The van der Waals surface area contributed by atoms with E-state index in [2.05, 4.69) is 0 Å². The van der Waals surface area contributed by atoms with Crippen molar-refractivity contribution in [1.29, 1.82) is 0 Å². The summed E-state index contributed by atoms with van der Waals surface area (Å²) in [7, 11) is 0. The monoisotopic (exact) mass is 1150 g/mol. The Hall–Kier alpha value is -4.84. The summed E-state index contributed by atoms with van der Waals surface area (Å²) in [5, 5.41) is 0. The maximum absolute atomic E-state index is 15.4. The molecule has 0 unspecified atom stereocenters. The Balaban J connectivity index is 0.000000442. The Morgan fingerprint density at radius 2 is 0.443 bits per heavy atom. The van der Waals surface area contributed by atoms with E-state index in [0.29, 0.717) is 19.3 Å². The minimum Gasteiger partial charge on any atom is -0.207 e. The second-order valence-electron chi connectivity index (χ2n) is 16.8. The van der Waals surface area contributed by atoms with Crippen LogP contribution in [0, 0.1) is 134 Å². The summed E-state index contributed by atoms with van der Waals surface area (Å²) in [6.07, 6.45) is -5.86. The Labute approximate surface area is 390 Å². The molecule has 0 amide bonds. The molecule has 28 heteroatoms. The van der Waals surface area contributed by atoms with Crippen LogP contribution in [0.15, 0.2) is 0 Å². The SMILES string of the molecule is CC(C)C[C@H](N)C(=O)[IH+](C(=O)[C@@H](N)CC(C)C)C(=O)[C@@H](N)CC(C)C.Fc1c(F)c(F)c([B-](c2c(F)c(F)c(F)c(F)c2F)(c2c(F)c(F)c(F)c(F)c2F)c2c(F)c(F)c(F)c(F)c2F)c(F)c1F. The van der Waals surface area contributed by atoms with Crippen LogP contribution in [0.25, 0.3) is 0 Å². The normalized spacial score (nSPS) is 13.5. The van der Waals surface area contributed by atoms with Gasteiger partial charge in [0.15, 0.2) is 69.8 Å². The van der Waals surface area contributed by atoms with Gasteiger partial charge in [0.2, 0.25) is 0 Å². The first-order chi connectivity index (χ1) is 32.1. The summed E-state index contributed by atoms with van der Waals surface area (Å²) in [6, 6.07) is -2.37. The first-order valence-corrected chi connectivity index (χ1v) is 23.4. The van der Waals surface area contributed by atoms with Crippen LogP contribution in [-0.4, -0.2) is 35.6 Å². The van der Waals surface area contributed by atoms with Gasteiger partial charge in [0, 0.05) is 0 Å². The maximum Gasteiger partial charge on any atom is 0.200 e. The first kappa shape index (κ1) is 59.5. The van der Waals surface area contributed by atoms with Crippen molar-refractivity contribution in [2.45, 2.75) is 78.9 Å². The van der Waals surface area contributed by atoms with Crippen LogP contribution in [0.2, 0.25) is 0 Å². The fourth-order valence-electron chi connectivity index (χ4n) is 7.44. The molecule has 0 saturated heterocycles. The fourth-order valence-corrected chi connectivity index (χ4v) is 12.6. The number of hydrogen-bond donors (Lipinski definition) is 3. The molecule has 6 N–H and O–H groups in total. The molecule has 3 atom stereocenters. The number of carbonyl (C=O) groups is 3. The summed E-state index contributed by atoms with van der Waals surface area (Å²) >= 11 is -3.54. The van der Waals surface area contributed by atoms with E-state index in [4.69, 9.17) is 17.2 Å². The van der Waals surface area contributed by atoms with Crippen molar-refractivity contribution in [2.24, 2.45) is 35.0 Å². The second kappa shape index (κ2) is 22.7. The predicted molar refractivity (Wildman–Crippen MR) is 208 cm³/mol. The van der Waals surface area contributed by atoms with Gasteiger partial charge in [0.25, 0.3) is 0 Å². The molecule has 0 spiro atoms. The molecule has 0 bridgehead atoms. The molecule has 6 nitrogen and oxygen atoms in total. The van der Waals surface area contributed by atoms with Gasteiger partial charge < -0.3 is 0 Å². The molecule has 70 heavy (non-hydrogen) atoms. The van der Waals surface area contributed by atoms with E-state index in [-0.39, 0.29) is 29.1 Å². The minimum atomic E-state index is -7.22. The van der Waals surface area contributed by atoms with E-state index < -0.39 is 182 Å². The van der Waals surface area contributed by atoms with Gasteiger partial charge in [0.1, 0.15) is 52.7 Å². The largest absolute Gasteiger partial charge is 0.207 e. The quantitative estimate of drug-likeness (QED) is 0.0391. The summed E-state index contributed by atoms with van der Waals surface area (Å²) in [4.78, 5) is 38.5. The molecule has 4 aromatic rings. The molecule has 0 saturated carbocycles. The van der Waals surface area contributed by atoms with Crippen molar-refractivity contribution < 1.29 is 122 Å². The standard InChI is InChI=1S/C24BF20.C18H37IN3O3/c26-5-1(6(27)14(35)21(42)13(5)34)25(2-7(28)15(36)22(43)16(37)8(2)29,3-9(30)17(38)23(44)18(39)10(3)31)4-11(32)19(40)24(45)20(41)12(4)33;1-10(2)7-13(20)16(23)19(17(24)14(21)8-11(3)4)18(25)15(22)9-12(5)6/h;10-15,19H,7-9,20-22H2,1-6H3/q-1;+1/t;13-,14-,15-/m.0/s1. The van der Waals surface area contributed by atoms with E-state index in [1.807, 2.05) is 41.5 Å². The van der Waals surface area contributed by atoms with Gasteiger partial charge in [-0.1, -0.05) is 0 Å². The maximum atomic E-state index is 15.4. The molecule has 388 valence electrons. The third kappa shape index (κ3) is 10.7. The van der Waals surface area contributed by atoms with Crippen LogP contribution in [0.5, 0.6) is 0 Å². The number of halogens is 21. The van der Waals surface area contributed by atoms with Gasteiger partial charge in [-0.05, 0) is 0 Å². The molecule has 0 radical (unpaired) electrons. The van der Waals surface area contributed by atoms with Crippen molar-refractivity contribution in [3.8, 4) is 0 Å². The minimum absolute atomic E-state index is 0.206. The van der Waals surface area contributed by atoms with E-state index in [9.17, 15) is 67.1 Å². The third-order valence-electron chi connectivity index (χ3n) is 10.4. The van der Waals surface area contributed by atoms with Gasteiger partial charge >= 0.3 is 159 Å². The van der Waals surface area contributed by atoms with Gasteiger partial charge in [-0.25, -0.2) is 87.8 Å². The number of carbonyl (C=O) groups excluding carboxylic acids is 3. The Kier molecular flexibility index (Phi) is 19.3. The number of rotatable bonds is 16. The van der Waals surface area contributed by atoms with Crippen molar-refractivity contribution in [2.75, 3.05) is 0 Å². The average Bonchev–Trinajstić information content (AvgIpc) is 3.28. The fraction of sp³-hybridized carbons (Fsp3) is 0.357. The second-order valence-corrected chi connectivity index (χ2v) is 22.0. The third-order valence-corrected chi connectivity index (χ3v) is 16.4.